The minimum Gasteiger partial charge on any atom is -0.488 e. The molecule has 0 aliphatic heterocycles. The van der Waals surface area contributed by atoms with E-state index in [0.717, 1.165) is 6.07 Å². The molecule has 1 aromatic carbocycles. The molecule has 0 amide bonds. The van der Waals surface area contributed by atoms with E-state index in [-0.39, 0.29) is 40.4 Å². The third-order valence-corrected chi connectivity index (χ3v) is 4.39. The third-order valence-electron chi connectivity index (χ3n) is 3.15. The van der Waals surface area contributed by atoms with Gasteiger partial charge in [-0.05, 0) is 44.0 Å². The SMILES string of the molecule is FC(F)(F)c1cnc(Oc2cc(Cl)c(OCC=C(Br)Br)cc2Cl)c(C(F)(F)F)c1. The summed E-state index contributed by atoms with van der Waals surface area (Å²) in [4.78, 5) is 3.16. The van der Waals surface area contributed by atoms with Crippen LogP contribution >= 0.6 is 55.1 Å². The minimum atomic E-state index is -5.15. The molecule has 1 heterocycles. The maximum absolute atomic E-state index is 13.2. The summed E-state index contributed by atoms with van der Waals surface area (Å²) in [7, 11) is 0. The first-order valence-electron chi connectivity index (χ1n) is 7.24. The first-order valence-corrected chi connectivity index (χ1v) is 9.58. The lowest BCUT2D eigenvalue weighted by atomic mass is 10.2. The number of hydrogen-bond donors (Lipinski definition) is 0. The average Bonchev–Trinajstić information content (AvgIpc) is 2.57. The van der Waals surface area contributed by atoms with Crippen LogP contribution < -0.4 is 9.47 Å². The molecule has 1 aromatic heterocycles. The second-order valence-corrected chi connectivity index (χ2v) is 8.78. The lowest BCUT2D eigenvalue weighted by Crippen LogP contribution is -2.13. The zero-order valence-electron chi connectivity index (χ0n) is 13.6. The second kappa shape index (κ2) is 9.32. The highest BCUT2D eigenvalue weighted by molar-refractivity contribution is 9.28. The number of halogens is 10. The van der Waals surface area contributed by atoms with Gasteiger partial charge in [0.2, 0.25) is 5.88 Å². The van der Waals surface area contributed by atoms with Crippen LogP contribution in [0.3, 0.4) is 0 Å². The number of pyridine rings is 1. The van der Waals surface area contributed by atoms with Gasteiger partial charge in [-0.2, -0.15) is 26.3 Å². The summed E-state index contributed by atoms with van der Waals surface area (Å²) in [6.45, 7) is 0.0841. The predicted octanol–water partition coefficient (Wildman–Crippen LogP) is 8.23. The van der Waals surface area contributed by atoms with Gasteiger partial charge in [-0.3, -0.25) is 0 Å². The molecule has 13 heteroatoms. The Morgan fingerprint density at radius 1 is 0.966 bits per heavy atom. The van der Waals surface area contributed by atoms with E-state index in [2.05, 4.69) is 36.8 Å². The van der Waals surface area contributed by atoms with Gasteiger partial charge >= 0.3 is 12.4 Å². The van der Waals surface area contributed by atoms with E-state index in [1.165, 1.54) is 6.07 Å². The van der Waals surface area contributed by atoms with Crippen LogP contribution in [-0.4, -0.2) is 11.6 Å². The Balaban J connectivity index is 2.38. The van der Waals surface area contributed by atoms with Gasteiger partial charge in [-0.1, -0.05) is 23.2 Å². The zero-order chi connectivity index (χ0) is 22.0. The number of rotatable bonds is 5. The molecule has 3 nitrogen and oxygen atoms in total. The summed E-state index contributed by atoms with van der Waals surface area (Å²) < 4.78 is 88.7. The monoisotopic (exact) mass is 587 g/mol. The Kier molecular flexibility index (Phi) is 7.74. The molecule has 0 radical (unpaired) electrons. The van der Waals surface area contributed by atoms with Crippen molar-refractivity contribution in [1.29, 1.82) is 0 Å². The second-order valence-electron chi connectivity index (χ2n) is 5.19. The molecule has 0 saturated heterocycles. The van der Waals surface area contributed by atoms with Gasteiger partial charge in [-0.25, -0.2) is 4.98 Å². The van der Waals surface area contributed by atoms with Crippen molar-refractivity contribution in [3.05, 3.63) is 55.0 Å². The lowest BCUT2D eigenvalue weighted by molar-refractivity contribution is -0.144. The summed E-state index contributed by atoms with van der Waals surface area (Å²) in [6, 6.07) is 2.15. The molecule has 2 rings (SSSR count). The smallest absolute Gasteiger partial charge is 0.421 e. The van der Waals surface area contributed by atoms with Gasteiger partial charge in [0.15, 0.2) is 0 Å². The highest BCUT2D eigenvalue weighted by Crippen LogP contribution is 2.43. The number of ether oxygens (including phenoxy) is 2. The fourth-order valence-electron chi connectivity index (χ4n) is 1.89. The summed E-state index contributed by atoms with van der Waals surface area (Å²) in [5, 5.41) is -0.245. The summed E-state index contributed by atoms with van der Waals surface area (Å²) in [6.07, 6.45) is -8.35. The van der Waals surface area contributed by atoms with Crippen LogP contribution in [0.1, 0.15) is 11.1 Å². The third kappa shape index (κ3) is 6.66. The van der Waals surface area contributed by atoms with E-state index in [0.29, 0.717) is 3.39 Å². The van der Waals surface area contributed by atoms with Crippen LogP contribution in [0.5, 0.6) is 17.4 Å². The van der Waals surface area contributed by atoms with Crippen molar-refractivity contribution in [2.24, 2.45) is 0 Å². The summed E-state index contributed by atoms with van der Waals surface area (Å²) >= 11 is 18.2. The van der Waals surface area contributed by atoms with E-state index in [4.69, 9.17) is 32.7 Å². The van der Waals surface area contributed by atoms with Crippen LogP contribution in [0.2, 0.25) is 10.0 Å². The Morgan fingerprint density at radius 3 is 2.10 bits per heavy atom. The molecule has 0 unspecified atom stereocenters. The van der Waals surface area contributed by atoms with Crippen molar-refractivity contribution in [3.8, 4) is 17.4 Å². The van der Waals surface area contributed by atoms with Crippen LogP contribution in [0.25, 0.3) is 0 Å². The van der Waals surface area contributed by atoms with Gasteiger partial charge < -0.3 is 9.47 Å². The topological polar surface area (TPSA) is 31.4 Å². The number of nitrogens with zero attached hydrogens (tertiary/aromatic N) is 1. The van der Waals surface area contributed by atoms with Crippen molar-refractivity contribution >= 4 is 55.1 Å². The maximum atomic E-state index is 13.2. The molecular weight excluding hydrogens is 583 g/mol. The Morgan fingerprint density at radius 2 is 1.55 bits per heavy atom. The molecule has 0 atom stereocenters. The summed E-state index contributed by atoms with van der Waals surface area (Å²) in [5.41, 5.74) is -3.29. The predicted molar refractivity (Wildman–Crippen MR) is 102 cm³/mol. The maximum Gasteiger partial charge on any atom is 0.421 e. The molecule has 0 fully saturated rings. The highest BCUT2D eigenvalue weighted by Gasteiger charge is 2.40. The van der Waals surface area contributed by atoms with Crippen LogP contribution in [0.15, 0.2) is 33.9 Å². The Bertz CT molecular complexity index is 931. The first kappa shape index (κ1) is 24.1. The fraction of sp³-hybridized carbons (Fsp3) is 0.188. The molecule has 0 spiro atoms. The molecule has 0 N–H and O–H groups in total. The molecule has 0 saturated carbocycles. The molecule has 0 bridgehead atoms. The van der Waals surface area contributed by atoms with Gasteiger partial charge in [0.05, 0.1) is 19.0 Å². The molecule has 158 valence electrons. The lowest BCUT2D eigenvalue weighted by Gasteiger charge is -2.16. The quantitative estimate of drug-likeness (QED) is 0.329. The van der Waals surface area contributed by atoms with Gasteiger partial charge in [0.1, 0.15) is 23.7 Å². The standard InChI is InChI=1S/C16H7Br2Cl2F6NO2/c17-13(18)1-2-28-11-4-10(20)12(5-9(11)19)29-14-8(16(24,25)26)3-7(6-27-14)15(21,22)23/h1,3-6H,2H2. The number of alkyl halides is 6. The molecular formula is C16H7Br2Cl2F6NO2. The normalized spacial score (nSPS) is 11.9. The first-order chi connectivity index (χ1) is 13.3. The molecule has 2 aromatic rings. The number of benzene rings is 1. The fourth-order valence-corrected chi connectivity index (χ4v) is 2.55. The Hall–Kier alpha value is -1.17. The largest absolute Gasteiger partial charge is 0.488 e. The van der Waals surface area contributed by atoms with Crippen molar-refractivity contribution < 1.29 is 35.8 Å². The van der Waals surface area contributed by atoms with Crippen molar-refractivity contribution in [2.75, 3.05) is 6.61 Å². The summed E-state index contributed by atoms with van der Waals surface area (Å²) in [5.74, 6) is -1.35. The average molecular weight is 590 g/mol. The van der Waals surface area contributed by atoms with E-state index in [1.54, 1.807) is 6.08 Å². The van der Waals surface area contributed by atoms with Gasteiger partial charge in [0.25, 0.3) is 0 Å². The van der Waals surface area contributed by atoms with Crippen molar-refractivity contribution in [2.45, 2.75) is 12.4 Å². The minimum absolute atomic E-state index is 0.0519. The Labute approximate surface area is 186 Å². The molecule has 0 aliphatic carbocycles. The van der Waals surface area contributed by atoms with Gasteiger partial charge in [-0.15, -0.1) is 0 Å². The van der Waals surface area contributed by atoms with Gasteiger partial charge in [0, 0.05) is 18.3 Å². The van der Waals surface area contributed by atoms with E-state index in [9.17, 15) is 26.3 Å². The van der Waals surface area contributed by atoms with E-state index >= 15 is 0 Å². The number of hydrogen-bond acceptors (Lipinski definition) is 3. The van der Waals surface area contributed by atoms with Crippen molar-refractivity contribution in [3.63, 3.8) is 0 Å². The molecule has 29 heavy (non-hydrogen) atoms. The molecule has 0 aliphatic rings. The van der Waals surface area contributed by atoms with Crippen LogP contribution in [-0.2, 0) is 12.4 Å². The number of aromatic nitrogens is 1. The van der Waals surface area contributed by atoms with Crippen molar-refractivity contribution in [1.82, 2.24) is 4.98 Å². The van der Waals surface area contributed by atoms with Crippen LogP contribution in [0, 0.1) is 0 Å². The van der Waals surface area contributed by atoms with Crippen LogP contribution in [0.4, 0.5) is 26.3 Å². The van der Waals surface area contributed by atoms with E-state index in [1.807, 2.05) is 0 Å². The highest BCUT2D eigenvalue weighted by atomic mass is 79.9. The zero-order valence-corrected chi connectivity index (χ0v) is 18.3. The van der Waals surface area contributed by atoms with E-state index < -0.39 is 29.4 Å².